The van der Waals surface area contributed by atoms with E-state index in [2.05, 4.69) is 5.32 Å². The monoisotopic (exact) mass is 285 g/mol. The molecule has 1 saturated heterocycles. The van der Waals surface area contributed by atoms with Crippen molar-refractivity contribution in [3.63, 3.8) is 0 Å². The molecule has 1 aromatic rings. The normalized spacial score (nSPS) is 18.6. The van der Waals surface area contributed by atoms with Crippen molar-refractivity contribution in [1.82, 2.24) is 5.32 Å². The topological polar surface area (TPSA) is 39.7 Å². The van der Waals surface area contributed by atoms with Gasteiger partial charge in [0.15, 0.2) is 11.5 Å². The zero-order chi connectivity index (χ0) is 13.7. The van der Waals surface area contributed by atoms with Crippen LogP contribution in [-0.2, 0) is 11.3 Å². The smallest absolute Gasteiger partial charge is 0.179 e. The Hall–Kier alpha value is -0.970. The van der Waals surface area contributed by atoms with E-state index in [-0.39, 0.29) is 0 Å². The average Bonchev–Trinajstić information content (AvgIpc) is 2.91. The summed E-state index contributed by atoms with van der Waals surface area (Å²) in [5.41, 5.74) is 1.07. The fraction of sp³-hybridized carbons (Fsp3) is 0.571. The van der Waals surface area contributed by atoms with Crippen molar-refractivity contribution >= 4 is 11.6 Å². The van der Waals surface area contributed by atoms with Gasteiger partial charge in [0, 0.05) is 19.7 Å². The maximum atomic E-state index is 6.16. The van der Waals surface area contributed by atoms with E-state index >= 15 is 0 Å². The molecule has 1 fully saturated rings. The molecule has 1 aromatic carbocycles. The molecule has 1 aliphatic heterocycles. The molecule has 0 spiro atoms. The molecule has 2 rings (SSSR count). The van der Waals surface area contributed by atoms with Crippen LogP contribution in [0.15, 0.2) is 12.1 Å². The minimum Gasteiger partial charge on any atom is -0.493 e. The van der Waals surface area contributed by atoms with E-state index in [1.54, 1.807) is 14.2 Å². The summed E-state index contributed by atoms with van der Waals surface area (Å²) < 4.78 is 16.0. The lowest BCUT2D eigenvalue weighted by Gasteiger charge is -2.14. The number of hydrogen-bond donors (Lipinski definition) is 1. The van der Waals surface area contributed by atoms with Gasteiger partial charge in [0.05, 0.1) is 25.3 Å². The maximum Gasteiger partial charge on any atom is 0.179 e. The number of ether oxygens (including phenoxy) is 3. The maximum absolute atomic E-state index is 6.16. The van der Waals surface area contributed by atoms with Crippen LogP contribution in [0.2, 0.25) is 5.02 Å². The molecular weight excluding hydrogens is 266 g/mol. The van der Waals surface area contributed by atoms with Gasteiger partial charge in [-0.25, -0.2) is 0 Å². The Balaban J connectivity index is 1.94. The lowest BCUT2D eigenvalue weighted by molar-refractivity contribution is 0.110. The minimum absolute atomic E-state index is 0.343. The first-order valence-electron chi connectivity index (χ1n) is 6.47. The first kappa shape index (κ1) is 14.4. The van der Waals surface area contributed by atoms with Gasteiger partial charge in [-0.1, -0.05) is 11.6 Å². The van der Waals surface area contributed by atoms with E-state index in [9.17, 15) is 0 Å². The first-order chi connectivity index (χ1) is 9.24. The second-order valence-corrected chi connectivity index (χ2v) is 4.99. The quantitative estimate of drug-likeness (QED) is 0.872. The number of hydrogen-bond acceptors (Lipinski definition) is 4. The SMILES string of the molecule is COc1cc(CNCC2CCCO2)cc(Cl)c1OC. The lowest BCUT2D eigenvalue weighted by atomic mass is 10.2. The van der Waals surface area contributed by atoms with Crippen LogP contribution in [0.3, 0.4) is 0 Å². The van der Waals surface area contributed by atoms with Crippen molar-refractivity contribution in [1.29, 1.82) is 0 Å². The highest BCUT2D eigenvalue weighted by Gasteiger charge is 2.15. The highest BCUT2D eigenvalue weighted by Crippen LogP contribution is 2.35. The Morgan fingerprint density at radius 3 is 2.84 bits per heavy atom. The second-order valence-electron chi connectivity index (χ2n) is 4.58. The van der Waals surface area contributed by atoms with E-state index in [0.717, 1.165) is 38.1 Å². The third kappa shape index (κ3) is 3.75. The highest BCUT2D eigenvalue weighted by atomic mass is 35.5. The van der Waals surface area contributed by atoms with Crippen molar-refractivity contribution in [2.75, 3.05) is 27.4 Å². The molecule has 4 nitrogen and oxygen atoms in total. The molecule has 1 aliphatic rings. The minimum atomic E-state index is 0.343. The Labute approximate surface area is 119 Å². The molecule has 0 bridgehead atoms. The molecule has 0 aliphatic carbocycles. The number of methoxy groups -OCH3 is 2. The number of benzene rings is 1. The van der Waals surface area contributed by atoms with Crippen LogP contribution in [0, 0.1) is 0 Å². The van der Waals surface area contributed by atoms with E-state index in [4.69, 9.17) is 25.8 Å². The molecule has 1 N–H and O–H groups in total. The van der Waals surface area contributed by atoms with Crippen LogP contribution in [0.25, 0.3) is 0 Å². The van der Waals surface area contributed by atoms with Crippen LogP contribution in [0.1, 0.15) is 18.4 Å². The Kier molecular flexibility index (Phi) is 5.31. The van der Waals surface area contributed by atoms with Gasteiger partial charge in [0.2, 0.25) is 0 Å². The summed E-state index contributed by atoms with van der Waals surface area (Å²) >= 11 is 6.16. The highest BCUT2D eigenvalue weighted by molar-refractivity contribution is 6.32. The molecule has 1 atom stereocenters. The molecule has 0 radical (unpaired) electrons. The Morgan fingerprint density at radius 1 is 1.37 bits per heavy atom. The second kappa shape index (κ2) is 6.98. The van der Waals surface area contributed by atoms with Crippen LogP contribution in [0.4, 0.5) is 0 Å². The predicted molar refractivity (Wildman–Crippen MR) is 75.2 cm³/mol. The lowest BCUT2D eigenvalue weighted by Crippen LogP contribution is -2.25. The van der Waals surface area contributed by atoms with Gasteiger partial charge in [0.1, 0.15) is 0 Å². The molecule has 19 heavy (non-hydrogen) atoms. The average molecular weight is 286 g/mol. The van der Waals surface area contributed by atoms with Crippen molar-refractivity contribution in [2.24, 2.45) is 0 Å². The molecule has 0 amide bonds. The van der Waals surface area contributed by atoms with E-state index in [1.807, 2.05) is 12.1 Å². The van der Waals surface area contributed by atoms with Crippen molar-refractivity contribution in [2.45, 2.75) is 25.5 Å². The molecule has 106 valence electrons. The standard InChI is InChI=1S/C14H20ClNO3/c1-17-13-7-10(6-12(15)14(13)18-2)8-16-9-11-4-3-5-19-11/h6-7,11,16H,3-5,8-9H2,1-2H3. The van der Waals surface area contributed by atoms with E-state index in [1.165, 1.54) is 0 Å². The third-order valence-electron chi connectivity index (χ3n) is 3.22. The summed E-state index contributed by atoms with van der Waals surface area (Å²) in [4.78, 5) is 0. The molecule has 1 heterocycles. The Bertz CT molecular complexity index is 419. The van der Waals surface area contributed by atoms with Gasteiger partial charge in [-0.3, -0.25) is 0 Å². The molecule has 0 saturated carbocycles. The van der Waals surface area contributed by atoms with Crippen molar-refractivity contribution in [3.8, 4) is 11.5 Å². The van der Waals surface area contributed by atoms with Crippen LogP contribution < -0.4 is 14.8 Å². The first-order valence-corrected chi connectivity index (χ1v) is 6.85. The van der Waals surface area contributed by atoms with Gasteiger partial charge in [-0.2, -0.15) is 0 Å². The van der Waals surface area contributed by atoms with Gasteiger partial charge in [-0.05, 0) is 30.5 Å². The molecule has 0 aromatic heterocycles. The number of rotatable bonds is 6. The zero-order valence-electron chi connectivity index (χ0n) is 11.4. The van der Waals surface area contributed by atoms with Crippen LogP contribution in [-0.4, -0.2) is 33.5 Å². The zero-order valence-corrected chi connectivity index (χ0v) is 12.1. The van der Waals surface area contributed by atoms with Gasteiger partial charge in [-0.15, -0.1) is 0 Å². The summed E-state index contributed by atoms with van der Waals surface area (Å²) in [5.74, 6) is 1.23. The third-order valence-corrected chi connectivity index (χ3v) is 3.50. The summed E-state index contributed by atoms with van der Waals surface area (Å²) in [6, 6.07) is 3.83. The largest absolute Gasteiger partial charge is 0.493 e. The molecule has 1 unspecified atom stereocenters. The van der Waals surface area contributed by atoms with Crippen LogP contribution in [0.5, 0.6) is 11.5 Å². The molecular formula is C14H20ClNO3. The fourth-order valence-electron chi connectivity index (χ4n) is 2.26. The number of nitrogens with one attached hydrogen (secondary N) is 1. The summed E-state index contributed by atoms with van der Waals surface area (Å²) in [5, 5.41) is 3.95. The predicted octanol–water partition coefficient (Wildman–Crippen LogP) is 2.63. The molecule has 5 heteroatoms. The summed E-state index contributed by atoms with van der Waals surface area (Å²) in [7, 11) is 3.19. The van der Waals surface area contributed by atoms with Gasteiger partial charge < -0.3 is 19.5 Å². The Morgan fingerprint density at radius 2 is 2.21 bits per heavy atom. The summed E-state index contributed by atoms with van der Waals surface area (Å²) in [6.45, 7) is 2.49. The van der Waals surface area contributed by atoms with Crippen LogP contribution >= 0.6 is 11.6 Å². The van der Waals surface area contributed by atoms with Crippen molar-refractivity contribution < 1.29 is 14.2 Å². The van der Waals surface area contributed by atoms with E-state index < -0.39 is 0 Å². The van der Waals surface area contributed by atoms with Gasteiger partial charge in [0.25, 0.3) is 0 Å². The number of halogens is 1. The fourth-order valence-corrected chi connectivity index (χ4v) is 2.57. The van der Waals surface area contributed by atoms with Gasteiger partial charge >= 0.3 is 0 Å². The van der Waals surface area contributed by atoms with E-state index in [0.29, 0.717) is 22.6 Å². The van der Waals surface area contributed by atoms with Crippen molar-refractivity contribution in [3.05, 3.63) is 22.7 Å². The summed E-state index contributed by atoms with van der Waals surface area (Å²) in [6.07, 6.45) is 2.64.